The first-order chi connectivity index (χ1) is 14.4. The third-order valence-electron chi connectivity index (χ3n) is 7.62. The summed E-state index contributed by atoms with van der Waals surface area (Å²) in [5.41, 5.74) is 7.84. The molecule has 0 bridgehead atoms. The van der Waals surface area contributed by atoms with Gasteiger partial charge in [-0.05, 0) is 113 Å². The van der Waals surface area contributed by atoms with Crippen LogP contribution in [0.3, 0.4) is 0 Å². The van der Waals surface area contributed by atoms with Crippen molar-refractivity contribution in [3.8, 4) is 0 Å². The van der Waals surface area contributed by atoms with Crippen LogP contribution in [-0.2, 0) is 18.4 Å². The van der Waals surface area contributed by atoms with Crippen molar-refractivity contribution < 1.29 is 0 Å². The third-order valence-corrected chi connectivity index (χ3v) is 8.31. The van der Waals surface area contributed by atoms with Gasteiger partial charge in [-0.25, -0.2) is 0 Å². The summed E-state index contributed by atoms with van der Waals surface area (Å²) >= 11 is 1.86. The Kier molecular flexibility index (Phi) is 4.39. The van der Waals surface area contributed by atoms with E-state index in [9.17, 15) is 0 Å². The number of aryl methyl sites for hydroxylation is 2. The van der Waals surface area contributed by atoms with Crippen molar-refractivity contribution in [1.29, 1.82) is 0 Å². The lowest BCUT2D eigenvalue weighted by Gasteiger charge is -2.49. The van der Waals surface area contributed by atoms with Crippen LogP contribution in [0.1, 0.15) is 66.3 Å². The minimum Gasteiger partial charge on any atom is -0.290 e. The molecule has 1 aliphatic heterocycles. The van der Waals surface area contributed by atoms with E-state index in [2.05, 4.69) is 58.1 Å². The number of thiophene rings is 1. The van der Waals surface area contributed by atoms with E-state index in [4.69, 9.17) is 0 Å². The minimum absolute atomic E-state index is 0.0813. The molecule has 1 fully saturated rings. The van der Waals surface area contributed by atoms with Crippen molar-refractivity contribution in [2.24, 2.45) is 0 Å². The summed E-state index contributed by atoms with van der Waals surface area (Å²) in [6, 6.07) is 12.2. The number of nitrogens with zero attached hydrogens (tertiary/aromatic N) is 1. The van der Waals surface area contributed by atoms with Gasteiger partial charge in [-0.1, -0.05) is 42.8 Å². The van der Waals surface area contributed by atoms with Gasteiger partial charge in [-0.2, -0.15) is 11.3 Å². The molecule has 0 saturated carbocycles. The van der Waals surface area contributed by atoms with Gasteiger partial charge < -0.3 is 0 Å². The van der Waals surface area contributed by atoms with Gasteiger partial charge in [0.2, 0.25) is 0 Å². The van der Waals surface area contributed by atoms with E-state index in [-0.39, 0.29) is 5.54 Å². The number of allylic oxidation sites excluding steroid dienone is 1. The molecule has 1 nitrogen and oxygen atoms in total. The molecular weight excluding hydrogens is 370 g/mol. The summed E-state index contributed by atoms with van der Waals surface area (Å²) in [5.74, 6) is 0. The average molecular weight is 400 g/mol. The lowest BCUT2D eigenvalue weighted by atomic mass is 9.70. The van der Waals surface area contributed by atoms with Crippen LogP contribution in [0.15, 0.2) is 47.2 Å². The molecule has 6 rings (SSSR count). The molecule has 29 heavy (non-hydrogen) atoms. The number of rotatable bonds is 2. The number of fused-ring (bicyclic) bond motifs is 5. The first kappa shape index (κ1) is 17.9. The smallest absolute Gasteiger partial charge is 0.0726 e. The Morgan fingerprint density at radius 1 is 0.828 bits per heavy atom. The maximum Gasteiger partial charge on any atom is 0.0726 e. The van der Waals surface area contributed by atoms with Gasteiger partial charge in [-0.15, -0.1) is 0 Å². The van der Waals surface area contributed by atoms with Gasteiger partial charge in [0.1, 0.15) is 0 Å². The van der Waals surface area contributed by atoms with Crippen molar-refractivity contribution in [2.75, 3.05) is 13.1 Å². The zero-order valence-electron chi connectivity index (χ0n) is 17.1. The third kappa shape index (κ3) is 2.69. The molecule has 0 radical (unpaired) electrons. The Bertz CT molecular complexity index is 1070. The molecule has 2 heterocycles. The number of hydrogen-bond donors (Lipinski definition) is 0. The molecule has 2 aromatic carbocycles. The molecule has 0 N–H and O–H groups in total. The van der Waals surface area contributed by atoms with Gasteiger partial charge in [0.15, 0.2) is 0 Å². The fourth-order valence-corrected chi connectivity index (χ4v) is 7.04. The van der Waals surface area contributed by atoms with Crippen LogP contribution in [0.2, 0.25) is 0 Å². The van der Waals surface area contributed by atoms with Crippen LogP contribution in [0, 0.1) is 0 Å². The number of benzene rings is 2. The second kappa shape index (κ2) is 7.11. The van der Waals surface area contributed by atoms with Gasteiger partial charge in [0.25, 0.3) is 0 Å². The van der Waals surface area contributed by atoms with Crippen LogP contribution in [-0.4, -0.2) is 18.0 Å². The molecule has 148 valence electrons. The van der Waals surface area contributed by atoms with Crippen molar-refractivity contribution in [3.05, 3.63) is 75.0 Å². The maximum atomic E-state index is 2.84. The molecule has 3 aliphatic rings. The largest absolute Gasteiger partial charge is 0.290 e. The monoisotopic (exact) mass is 399 g/mol. The van der Waals surface area contributed by atoms with Crippen LogP contribution in [0.4, 0.5) is 0 Å². The molecule has 2 heteroatoms. The molecule has 1 unspecified atom stereocenters. The summed E-state index contributed by atoms with van der Waals surface area (Å²) in [4.78, 5) is 2.84. The molecule has 3 aromatic rings. The zero-order chi connectivity index (χ0) is 19.3. The zero-order valence-corrected chi connectivity index (χ0v) is 17.9. The standard InChI is InChI=1S/C27H29NS/c1-4-16-28(17-5-1)27(21-14-18-29-19-21)15-6-9-25-24-11-10-20-7-2-3-8-22(20)23(24)12-13-26(25)27/h2,7,10-14,18-19H,1,3-6,8-9,15-17H2. The van der Waals surface area contributed by atoms with E-state index in [1.165, 1.54) is 86.4 Å². The quantitative estimate of drug-likeness (QED) is 0.452. The fraction of sp³-hybridized carbons (Fsp3) is 0.407. The van der Waals surface area contributed by atoms with Gasteiger partial charge in [0, 0.05) is 0 Å². The molecule has 0 amide bonds. The molecule has 1 saturated heterocycles. The lowest BCUT2D eigenvalue weighted by Crippen LogP contribution is -2.51. The summed E-state index contributed by atoms with van der Waals surface area (Å²) in [6.45, 7) is 2.48. The van der Waals surface area contributed by atoms with E-state index in [0.29, 0.717) is 0 Å². The Morgan fingerprint density at radius 3 is 2.55 bits per heavy atom. The Balaban J connectivity index is 1.60. The number of piperidine rings is 1. The Morgan fingerprint density at radius 2 is 1.69 bits per heavy atom. The maximum absolute atomic E-state index is 2.84. The highest BCUT2D eigenvalue weighted by Crippen LogP contribution is 2.49. The first-order valence-electron chi connectivity index (χ1n) is 11.4. The van der Waals surface area contributed by atoms with Crippen molar-refractivity contribution in [1.82, 2.24) is 4.90 Å². The second-order valence-electron chi connectivity index (χ2n) is 9.03. The summed E-state index contributed by atoms with van der Waals surface area (Å²) in [6.07, 6.45) is 14.8. The van der Waals surface area contributed by atoms with Gasteiger partial charge in [-0.3, -0.25) is 4.90 Å². The SMILES string of the molecule is C1=Cc2ccc3c4c(ccc3c2CC1)C(c1ccsc1)(N1CCCCC1)CCC4. The van der Waals surface area contributed by atoms with Crippen molar-refractivity contribution in [3.63, 3.8) is 0 Å². The van der Waals surface area contributed by atoms with E-state index in [1.54, 1.807) is 16.7 Å². The predicted octanol–water partition coefficient (Wildman–Crippen LogP) is 6.93. The molecule has 1 atom stereocenters. The normalized spacial score (nSPS) is 24.4. The average Bonchev–Trinajstić information content (AvgIpc) is 3.34. The minimum atomic E-state index is 0.0813. The number of hydrogen-bond acceptors (Lipinski definition) is 2. The predicted molar refractivity (Wildman–Crippen MR) is 125 cm³/mol. The lowest BCUT2D eigenvalue weighted by molar-refractivity contribution is 0.0816. The topological polar surface area (TPSA) is 3.24 Å². The second-order valence-corrected chi connectivity index (χ2v) is 9.81. The molecule has 1 aromatic heterocycles. The van der Waals surface area contributed by atoms with Crippen LogP contribution < -0.4 is 0 Å². The molecule has 0 spiro atoms. The highest BCUT2D eigenvalue weighted by atomic mass is 32.1. The van der Waals surface area contributed by atoms with Gasteiger partial charge in [0.05, 0.1) is 5.54 Å². The highest BCUT2D eigenvalue weighted by Gasteiger charge is 2.44. The van der Waals surface area contributed by atoms with Gasteiger partial charge >= 0.3 is 0 Å². The van der Waals surface area contributed by atoms with E-state index in [1.807, 2.05) is 11.3 Å². The summed E-state index contributed by atoms with van der Waals surface area (Å²) < 4.78 is 0. The Labute approximate surface area is 178 Å². The van der Waals surface area contributed by atoms with E-state index >= 15 is 0 Å². The fourth-order valence-electron chi connectivity index (χ4n) is 6.32. The first-order valence-corrected chi connectivity index (χ1v) is 12.3. The number of likely N-dealkylation sites (tertiary alicyclic amines) is 1. The van der Waals surface area contributed by atoms with E-state index in [0.717, 1.165) is 0 Å². The summed E-state index contributed by atoms with van der Waals surface area (Å²) in [5, 5.41) is 7.73. The molecule has 2 aliphatic carbocycles. The molecular formula is C27H29NS. The van der Waals surface area contributed by atoms with Crippen LogP contribution in [0.25, 0.3) is 16.8 Å². The Hall–Kier alpha value is -1.90. The summed E-state index contributed by atoms with van der Waals surface area (Å²) in [7, 11) is 0. The van der Waals surface area contributed by atoms with E-state index < -0.39 is 0 Å². The van der Waals surface area contributed by atoms with Crippen LogP contribution >= 0.6 is 11.3 Å². The van der Waals surface area contributed by atoms with Crippen molar-refractivity contribution >= 4 is 28.2 Å². The van der Waals surface area contributed by atoms with Crippen LogP contribution in [0.5, 0.6) is 0 Å². The van der Waals surface area contributed by atoms with Crippen molar-refractivity contribution in [2.45, 2.75) is 56.9 Å². The highest BCUT2D eigenvalue weighted by molar-refractivity contribution is 7.08.